The van der Waals surface area contributed by atoms with Crippen LogP contribution in [0.4, 0.5) is 5.69 Å². The van der Waals surface area contributed by atoms with Crippen LogP contribution < -0.4 is 10.2 Å². The zero-order valence-corrected chi connectivity index (χ0v) is 17.0. The van der Waals surface area contributed by atoms with Crippen molar-refractivity contribution in [3.63, 3.8) is 0 Å². The maximum Gasteiger partial charge on any atom is 0.193 e. The number of hydrogen-bond donors (Lipinski definition) is 1. The maximum atomic E-state index is 4.54. The van der Waals surface area contributed by atoms with Crippen LogP contribution >= 0.6 is 0 Å². The summed E-state index contributed by atoms with van der Waals surface area (Å²) in [6.45, 7) is 12.1. The van der Waals surface area contributed by atoms with Crippen molar-refractivity contribution in [2.45, 2.75) is 26.7 Å². The number of rotatable bonds is 3. The normalized spacial score (nSPS) is 22.6. The monoisotopic (exact) mass is 357 g/mol. The van der Waals surface area contributed by atoms with Crippen molar-refractivity contribution in [3.05, 3.63) is 29.3 Å². The van der Waals surface area contributed by atoms with Crippen LogP contribution in [0.2, 0.25) is 0 Å². The Morgan fingerprint density at radius 2 is 1.92 bits per heavy atom. The summed E-state index contributed by atoms with van der Waals surface area (Å²) in [7, 11) is 4.14. The lowest BCUT2D eigenvalue weighted by atomic mass is 9.98. The molecule has 1 aromatic rings. The molecule has 1 atom stereocenters. The molecule has 0 aliphatic carbocycles. The summed E-state index contributed by atoms with van der Waals surface area (Å²) in [5.41, 5.74) is 4.17. The van der Waals surface area contributed by atoms with Gasteiger partial charge in [0.2, 0.25) is 0 Å². The number of likely N-dealkylation sites (tertiary alicyclic amines) is 1. The number of piperidine rings is 1. The summed E-state index contributed by atoms with van der Waals surface area (Å²) in [6, 6.07) is 6.62. The maximum absolute atomic E-state index is 4.54. The van der Waals surface area contributed by atoms with Crippen molar-refractivity contribution in [1.82, 2.24) is 15.1 Å². The molecule has 0 aromatic heterocycles. The van der Waals surface area contributed by atoms with Gasteiger partial charge in [0.05, 0.1) is 0 Å². The predicted molar refractivity (Wildman–Crippen MR) is 111 cm³/mol. The zero-order chi connectivity index (χ0) is 18.5. The van der Waals surface area contributed by atoms with Gasteiger partial charge in [-0.05, 0) is 63.4 Å². The topological polar surface area (TPSA) is 34.1 Å². The van der Waals surface area contributed by atoms with E-state index < -0.39 is 0 Å². The molecule has 0 saturated carbocycles. The molecule has 2 fully saturated rings. The molecular formula is C21H35N5. The van der Waals surface area contributed by atoms with E-state index >= 15 is 0 Å². The van der Waals surface area contributed by atoms with E-state index in [1.165, 1.54) is 42.7 Å². The summed E-state index contributed by atoms with van der Waals surface area (Å²) in [6.07, 6.45) is 2.64. The molecule has 0 spiro atoms. The molecule has 26 heavy (non-hydrogen) atoms. The quantitative estimate of drug-likeness (QED) is 0.665. The number of nitrogens with zero attached hydrogens (tertiary/aromatic N) is 4. The number of nitrogens with one attached hydrogen (secondary N) is 1. The second-order valence-electron chi connectivity index (χ2n) is 7.89. The average molecular weight is 358 g/mol. The Morgan fingerprint density at radius 3 is 2.62 bits per heavy atom. The molecule has 1 aromatic carbocycles. The van der Waals surface area contributed by atoms with Gasteiger partial charge >= 0.3 is 0 Å². The summed E-state index contributed by atoms with van der Waals surface area (Å²) in [5.74, 6) is 1.81. The van der Waals surface area contributed by atoms with Crippen molar-refractivity contribution in [2.24, 2.45) is 10.9 Å². The lowest BCUT2D eigenvalue weighted by Crippen LogP contribution is -2.53. The first-order chi connectivity index (χ1) is 12.6. The second-order valence-corrected chi connectivity index (χ2v) is 7.89. The number of hydrogen-bond acceptors (Lipinski definition) is 3. The Bertz CT molecular complexity index is 619. The van der Waals surface area contributed by atoms with E-state index in [-0.39, 0.29) is 0 Å². The Balaban J connectivity index is 1.52. The third-order valence-electron chi connectivity index (χ3n) is 5.98. The molecule has 2 saturated heterocycles. The van der Waals surface area contributed by atoms with Crippen molar-refractivity contribution < 1.29 is 0 Å². The van der Waals surface area contributed by atoms with E-state index in [4.69, 9.17) is 0 Å². The molecule has 1 unspecified atom stereocenters. The van der Waals surface area contributed by atoms with Crippen LogP contribution in [0.1, 0.15) is 24.0 Å². The lowest BCUT2D eigenvalue weighted by Gasteiger charge is -2.39. The molecular weight excluding hydrogens is 322 g/mol. The SMILES string of the molecule is CN=C(NCC1CCCN(C)C1)N1CCN(c2cccc(C)c2C)CC1. The molecule has 0 amide bonds. The van der Waals surface area contributed by atoms with E-state index in [0.717, 1.165) is 44.6 Å². The summed E-state index contributed by atoms with van der Waals surface area (Å²) in [4.78, 5) is 11.9. The smallest absolute Gasteiger partial charge is 0.193 e. The fraction of sp³-hybridized carbons (Fsp3) is 0.667. The highest BCUT2D eigenvalue weighted by molar-refractivity contribution is 5.80. The first-order valence-electron chi connectivity index (χ1n) is 10.0. The fourth-order valence-electron chi connectivity index (χ4n) is 4.25. The number of guanidine groups is 1. The Hall–Kier alpha value is -1.75. The van der Waals surface area contributed by atoms with Gasteiger partial charge in [-0.15, -0.1) is 0 Å². The van der Waals surface area contributed by atoms with Crippen molar-refractivity contribution in [2.75, 3.05) is 64.8 Å². The highest BCUT2D eigenvalue weighted by Gasteiger charge is 2.22. The average Bonchev–Trinajstić information content (AvgIpc) is 2.65. The molecule has 0 bridgehead atoms. The standard InChI is InChI=1S/C21H35N5/c1-17-7-5-9-20(18(17)2)25-11-13-26(14-12-25)21(22-3)23-15-19-8-6-10-24(4)16-19/h5,7,9,19H,6,8,10-16H2,1-4H3,(H,22,23). The van der Waals surface area contributed by atoms with Crippen LogP contribution in [0.3, 0.4) is 0 Å². The number of piperazine rings is 1. The van der Waals surface area contributed by atoms with Gasteiger partial charge in [-0.25, -0.2) is 0 Å². The van der Waals surface area contributed by atoms with Gasteiger partial charge in [-0.2, -0.15) is 0 Å². The summed E-state index contributed by atoms with van der Waals surface area (Å²) in [5, 5.41) is 3.64. The minimum absolute atomic E-state index is 0.738. The summed E-state index contributed by atoms with van der Waals surface area (Å²) >= 11 is 0. The van der Waals surface area contributed by atoms with Gasteiger partial charge in [0, 0.05) is 52.0 Å². The molecule has 3 rings (SSSR count). The van der Waals surface area contributed by atoms with Gasteiger partial charge in [-0.3, -0.25) is 4.99 Å². The third-order valence-corrected chi connectivity index (χ3v) is 5.98. The van der Waals surface area contributed by atoms with Gasteiger partial charge < -0.3 is 20.0 Å². The zero-order valence-electron chi connectivity index (χ0n) is 17.0. The van der Waals surface area contributed by atoms with E-state index in [2.05, 4.69) is 64.1 Å². The van der Waals surface area contributed by atoms with Crippen molar-refractivity contribution in [1.29, 1.82) is 0 Å². The summed E-state index contributed by atoms with van der Waals surface area (Å²) < 4.78 is 0. The van der Waals surface area contributed by atoms with Gasteiger partial charge in [0.1, 0.15) is 0 Å². The number of aliphatic imine (C=N–C) groups is 1. The minimum atomic E-state index is 0.738. The van der Waals surface area contributed by atoms with E-state index in [9.17, 15) is 0 Å². The number of aryl methyl sites for hydroxylation is 1. The van der Waals surface area contributed by atoms with Gasteiger partial charge in [0.25, 0.3) is 0 Å². The van der Waals surface area contributed by atoms with E-state index in [1.807, 2.05) is 7.05 Å². The molecule has 5 nitrogen and oxygen atoms in total. The van der Waals surface area contributed by atoms with Crippen LogP contribution in [0.5, 0.6) is 0 Å². The second kappa shape index (κ2) is 8.76. The third kappa shape index (κ3) is 4.50. The van der Waals surface area contributed by atoms with Crippen molar-refractivity contribution in [3.8, 4) is 0 Å². The minimum Gasteiger partial charge on any atom is -0.368 e. The molecule has 5 heteroatoms. The van der Waals surface area contributed by atoms with Crippen molar-refractivity contribution >= 4 is 11.6 Å². The fourth-order valence-corrected chi connectivity index (χ4v) is 4.25. The van der Waals surface area contributed by atoms with Crippen LogP contribution in [-0.2, 0) is 0 Å². The molecule has 2 aliphatic rings. The predicted octanol–water partition coefficient (Wildman–Crippen LogP) is 2.34. The molecule has 0 radical (unpaired) electrons. The largest absolute Gasteiger partial charge is 0.368 e. The Morgan fingerprint density at radius 1 is 1.15 bits per heavy atom. The first kappa shape index (κ1) is 19.0. The lowest BCUT2D eigenvalue weighted by molar-refractivity contribution is 0.209. The first-order valence-corrected chi connectivity index (χ1v) is 10.0. The number of benzene rings is 1. The van der Waals surface area contributed by atoms with Gasteiger partial charge in [0.15, 0.2) is 5.96 Å². The Kier molecular flexibility index (Phi) is 6.41. The highest BCUT2D eigenvalue weighted by Crippen LogP contribution is 2.24. The highest BCUT2D eigenvalue weighted by atomic mass is 15.3. The molecule has 2 heterocycles. The van der Waals surface area contributed by atoms with Crippen LogP contribution in [0, 0.1) is 19.8 Å². The molecule has 2 aliphatic heterocycles. The van der Waals surface area contributed by atoms with E-state index in [0.29, 0.717) is 0 Å². The van der Waals surface area contributed by atoms with Crippen LogP contribution in [0.15, 0.2) is 23.2 Å². The van der Waals surface area contributed by atoms with Gasteiger partial charge in [-0.1, -0.05) is 12.1 Å². The van der Waals surface area contributed by atoms with Crippen LogP contribution in [0.25, 0.3) is 0 Å². The van der Waals surface area contributed by atoms with E-state index in [1.54, 1.807) is 0 Å². The number of anilines is 1. The van der Waals surface area contributed by atoms with Crippen LogP contribution in [-0.4, -0.2) is 75.7 Å². The molecule has 1 N–H and O–H groups in total. The Labute approximate surface area is 159 Å². The molecule has 144 valence electrons.